The molecule has 1 heterocycles. The predicted molar refractivity (Wildman–Crippen MR) is 55.2 cm³/mol. The second-order valence-electron chi connectivity index (χ2n) is 4.63. The Morgan fingerprint density at radius 1 is 1.50 bits per heavy atom. The first-order valence-corrected chi connectivity index (χ1v) is 4.72. The number of rotatable bonds is 2. The third kappa shape index (κ3) is 2.91. The number of amides is 1. The lowest BCUT2D eigenvalue weighted by atomic mass is 9.97. The molecule has 0 fully saturated rings. The third-order valence-electron chi connectivity index (χ3n) is 1.88. The van der Waals surface area contributed by atoms with Gasteiger partial charge in [-0.3, -0.25) is 4.79 Å². The normalized spacial score (nSPS) is 11.4. The molecule has 0 radical (unpaired) electrons. The van der Waals surface area contributed by atoms with Crippen LogP contribution in [0.3, 0.4) is 0 Å². The van der Waals surface area contributed by atoms with Crippen LogP contribution < -0.4 is 5.32 Å². The van der Waals surface area contributed by atoms with E-state index in [1.165, 1.54) is 6.26 Å². The van der Waals surface area contributed by atoms with E-state index in [2.05, 4.69) is 26.1 Å². The van der Waals surface area contributed by atoms with E-state index < -0.39 is 0 Å². The molecule has 0 bridgehead atoms. The van der Waals surface area contributed by atoms with Crippen molar-refractivity contribution in [3.63, 3.8) is 0 Å². The molecule has 0 aliphatic rings. The van der Waals surface area contributed by atoms with Gasteiger partial charge < -0.3 is 9.73 Å². The Morgan fingerprint density at radius 2 is 2.14 bits per heavy atom. The van der Waals surface area contributed by atoms with Crippen molar-refractivity contribution in [3.05, 3.63) is 23.7 Å². The standard InChI is InChI=1S/C11H17NO2/c1-8-9(5-6-14-8)10(13)12-7-11(2,3)4/h5-6H,7H2,1-4H3,(H,12,13). The molecule has 1 N–H and O–H groups in total. The Kier molecular flexibility index (Phi) is 2.99. The van der Waals surface area contributed by atoms with E-state index >= 15 is 0 Å². The maximum atomic E-state index is 11.6. The summed E-state index contributed by atoms with van der Waals surface area (Å²) in [6.07, 6.45) is 1.53. The Balaban J connectivity index is 2.56. The SMILES string of the molecule is Cc1occc1C(=O)NCC(C)(C)C. The van der Waals surface area contributed by atoms with E-state index in [4.69, 9.17) is 4.42 Å². The monoisotopic (exact) mass is 195 g/mol. The van der Waals surface area contributed by atoms with Crippen LogP contribution in [0.25, 0.3) is 0 Å². The van der Waals surface area contributed by atoms with E-state index in [1.54, 1.807) is 13.0 Å². The molecule has 78 valence electrons. The molecule has 0 aliphatic carbocycles. The second-order valence-corrected chi connectivity index (χ2v) is 4.63. The molecule has 3 heteroatoms. The minimum atomic E-state index is -0.0637. The highest BCUT2D eigenvalue weighted by molar-refractivity contribution is 5.95. The number of aryl methyl sites for hydroxylation is 1. The van der Waals surface area contributed by atoms with Gasteiger partial charge in [-0.1, -0.05) is 20.8 Å². The molecule has 1 aromatic heterocycles. The fraction of sp³-hybridized carbons (Fsp3) is 0.545. The van der Waals surface area contributed by atoms with Gasteiger partial charge in [0.2, 0.25) is 0 Å². The van der Waals surface area contributed by atoms with Gasteiger partial charge in [0.25, 0.3) is 5.91 Å². The largest absolute Gasteiger partial charge is 0.469 e. The van der Waals surface area contributed by atoms with Crippen molar-refractivity contribution in [2.75, 3.05) is 6.54 Å². The van der Waals surface area contributed by atoms with Crippen molar-refractivity contribution in [1.29, 1.82) is 0 Å². The zero-order valence-electron chi connectivity index (χ0n) is 9.18. The second kappa shape index (κ2) is 3.86. The number of furan rings is 1. The van der Waals surface area contributed by atoms with Crippen LogP contribution in [0.5, 0.6) is 0 Å². The molecule has 1 rings (SSSR count). The molecule has 1 aromatic rings. The number of nitrogens with one attached hydrogen (secondary N) is 1. The molecule has 1 amide bonds. The van der Waals surface area contributed by atoms with E-state index in [-0.39, 0.29) is 11.3 Å². The summed E-state index contributed by atoms with van der Waals surface area (Å²) in [5, 5.41) is 2.87. The zero-order chi connectivity index (χ0) is 10.8. The highest BCUT2D eigenvalue weighted by Crippen LogP contribution is 2.12. The molecule has 0 unspecified atom stereocenters. The topological polar surface area (TPSA) is 42.2 Å². The van der Waals surface area contributed by atoms with Gasteiger partial charge in [0, 0.05) is 6.54 Å². The van der Waals surface area contributed by atoms with Crippen LogP contribution >= 0.6 is 0 Å². The lowest BCUT2D eigenvalue weighted by Gasteiger charge is -2.18. The van der Waals surface area contributed by atoms with Crippen LogP contribution in [0.2, 0.25) is 0 Å². The number of hydrogen-bond acceptors (Lipinski definition) is 2. The summed E-state index contributed by atoms with van der Waals surface area (Å²) >= 11 is 0. The molecule has 0 atom stereocenters. The van der Waals surface area contributed by atoms with Crippen molar-refractivity contribution in [3.8, 4) is 0 Å². The van der Waals surface area contributed by atoms with Crippen molar-refractivity contribution < 1.29 is 9.21 Å². The van der Waals surface area contributed by atoms with Crippen LogP contribution in [0.4, 0.5) is 0 Å². The summed E-state index contributed by atoms with van der Waals surface area (Å²) in [5.41, 5.74) is 0.724. The van der Waals surface area contributed by atoms with Crippen LogP contribution in [0.15, 0.2) is 16.7 Å². The highest BCUT2D eigenvalue weighted by Gasteiger charge is 2.15. The molecule has 0 saturated carbocycles. The van der Waals surface area contributed by atoms with E-state index in [0.717, 1.165) is 0 Å². The van der Waals surface area contributed by atoms with Gasteiger partial charge in [-0.25, -0.2) is 0 Å². The van der Waals surface area contributed by atoms with Crippen LogP contribution in [0.1, 0.15) is 36.9 Å². The molecule has 0 aliphatic heterocycles. The smallest absolute Gasteiger partial charge is 0.254 e. The van der Waals surface area contributed by atoms with Crippen molar-refractivity contribution >= 4 is 5.91 Å². The van der Waals surface area contributed by atoms with Crippen molar-refractivity contribution in [1.82, 2.24) is 5.32 Å². The van der Waals surface area contributed by atoms with Gasteiger partial charge in [0.1, 0.15) is 5.76 Å². The van der Waals surface area contributed by atoms with Crippen LogP contribution in [0, 0.1) is 12.3 Å². The van der Waals surface area contributed by atoms with Gasteiger partial charge in [-0.2, -0.15) is 0 Å². The molecule has 14 heavy (non-hydrogen) atoms. The molecular weight excluding hydrogens is 178 g/mol. The van der Waals surface area contributed by atoms with E-state index in [0.29, 0.717) is 17.9 Å². The summed E-state index contributed by atoms with van der Waals surface area (Å²) in [5.74, 6) is 0.600. The first-order chi connectivity index (χ1) is 6.40. The lowest BCUT2D eigenvalue weighted by molar-refractivity contribution is 0.0938. The highest BCUT2D eigenvalue weighted by atomic mass is 16.3. The fourth-order valence-electron chi connectivity index (χ4n) is 1.06. The molecule has 0 aromatic carbocycles. The van der Waals surface area contributed by atoms with Gasteiger partial charge in [0.15, 0.2) is 0 Å². The van der Waals surface area contributed by atoms with Crippen LogP contribution in [-0.2, 0) is 0 Å². The summed E-state index contributed by atoms with van der Waals surface area (Å²) < 4.78 is 5.06. The van der Waals surface area contributed by atoms with Crippen molar-refractivity contribution in [2.45, 2.75) is 27.7 Å². The third-order valence-corrected chi connectivity index (χ3v) is 1.88. The van der Waals surface area contributed by atoms with Gasteiger partial charge >= 0.3 is 0 Å². The predicted octanol–water partition coefficient (Wildman–Crippen LogP) is 2.36. The van der Waals surface area contributed by atoms with Gasteiger partial charge in [-0.15, -0.1) is 0 Å². The first-order valence-electron chi connectivity index (χ1n) is 4.72. The summed E-state index contributed by atoms with van der Waals surface area (Å²) in [4.78, 5) is 11.6. The number of carbonyl (C=O) groups is 1. The van der Waals surface area contributed by atoms with Gasteiger partial charge in [0.05, 0.1) is 11.8 Å². The zero-order valence-corrected chi connectivity index (χ0v) is 9.18. The van der Waals surface area contributed by atoms with E-state index in [1.807, 2.05) is 0 Å². The minimum Gasteiger partial charge on any atom is -0.469 e. The Morgan fingerprint density at radius 3 is 2.57 bits per heavy atom. The van der Waals surface area contributed by atoms with Crippen LogP contribution in [-0.4, -0.2) is 12.5 Å². The first kappa shape index (κ1) is 10.8. The Bertz CT molecular complexity index is 320. The Labute approximate surface area is 84.5 Å². The van der Waals surface area contributed by atoms with Crippen molar-refractivity contribution in [2.24, 2.45) is 5.41 Å². The molecular formula is C11H17NO2. The molecule has 0 spiro atoms. The number of hydrogen-bond donors (Lipinski definition) is 1. The Hall–Kier alpha value is -1.25. The maximum absolute atomic E-state index is 11.6. The lowest BCUT2D eigenvalue weighted by Crippen LogP contribution is -2.32. The summed E-state index contributed by atoms with van der Waals surface area (Å²) in [6.45, 7) is 8.68. The van der Waals surface area contributed by atoms with Gasteiger partial charge in [-0.05, 0) is 18.4 Å². The minimum absolute atomic E-state index is 0.0637. The van der Waals surface area contributed by atoms with E-state index in [9.17, 15) is 4.79 Å². The molecule has 3 nitrogen and oxygen atoms in total. The number of carbonyl (C=O) groups excluding carboxylic acids is 1. The fourth-order valence-corrected chi connectivity index (χ4v) is 1.06. The maximum Gasteiger partial charge on any atom is 0.254 e. The summed E-state index contributed by atoms with van der Waals surface area (Å²) in [6, 6.07) is 1.69. The average Bonchev–Trinajstić information content (AvgIpc) is 2.46. The quantitative estimate of drug-likeness (QED) is 0.787. The molecule has 0 saturated heterocycles. The average molecular weight is 195 g/mol. The summed E-state index contributed by atoms with van der Waals surface area (Å²) in [7, 11) is 0.